The van der Waals surface area contributed by atoms with Gasteiger partial charge >= 0.3 is 0 Å². The predicted octanol–water partition coefficient (Wildman–Crippen LogP) is 1.09. The third-order valence-corrected chi connectivity index (χ3v) is 2.64. The third kappa shape index (κ3) is 2.41. The molecule has 0 bridgehead atoms. The third-order valence-electron chi connectivity index (χ3n) is 2.64. The van der Waals surface area contributed by atoms with Crippen LogP contribution in [0.2, 0.25) is 0 Å². The maximum atomic E-state index is 13.5. The van der Waals surface area contributed by atoms with E-state index >= 15 is 0 Å². The molecule has 15 heavy (non-hydrogen) atoms. The van der Waals surface area contributed by atoms with Crippen LogP contribution in [0.3, 0.4) is 0 Å². The van der Waals surface area contributed by atoms with Gasteiger partial charge in [0.15, 0.2) is 11.6 Å². The van der Waals surface area contributed by atoms with Crippen molar-refractivity contribution in [2.45, 2.75) is 25.8 Å². The van der Waals surface area contributed by atoms with Crippen molar-refractivity contribution in [3.05, 3.63) is 17.8 Å². The molecule has 0 aliphatic carbocycles. The number of hydrogen-bond acceptors (Lipinski definition) is 4. The fourth-order valence-electron chi connectivity index (χ4n) is 1.73. The molecule has 2 rings (SSSR count). The van der Waals surface area contributed by atoms with Gasteiger partial charge in [0, 0.05) is 12.6 Å². The molecular formula is C10H15FN4. The summed E-state index contributed by atoms with van der Waals surface area (Å²) < 4.78 is 13.5. The molecule has 1 aromatic heterocycles. The highest BCUT2D eigenvalue weighted by Gasteiger charge is 2.15. The van der Waals surface area contributed by atoms with Crippen LogP contribution in [0.25, 0.3) is 0 Å². The smallest absolute Gasteiger partial charge is 0.186 e. The Hall–Kier alpha value is -1.23. The van der Waals surface area contributed by atoms with Gasteiger partial charge in [0.1, 0.15) is 6.33 Å². The average molecular weight is 210 g/mol. The zero-order valence-electron chi connectivity index (χ0n) is 8.76. The largest absolute Gasteiger partial charge is 0.366 e. The Balaban J connectivity index is 1.95. The molecule has 1 fully saturated rings. The summed E-state index contributed by atoms with van der Waals surface area (Å²) in [4.78, 5) is 7.65. The van der Waals surface area contributed by atoms with Crippen LogP contribution in [-0.4, -0.2) is 29.1 Å². The highest BCUT2D eigenvalue weighted by atomic mass is 19.1. The van der Waals surface area contributed by atoms with Crippen LogP contribution in [0.15, 0.2) is 6.33 Å². The van der Waals surface area contributed by atoms with E-state index in [2.05, 4.69) is 20.6 Å². The molecule has 1 aliphatic heterocycles. The second-order valence-electron chi connectivity index (χ2n) is 3.80. The van der Waals surface area contributed by atoms with Crippen molar-refractivity contribution < 1.29 is 4.39 Å². The van der Waals surface area contributed by atoms with E-state index < -0.39 is 0 Å². The SMILES string of the molecule is Cc1ncnc(NCC2CCCN2)c1F. The molecule has 0 radical (unpaired) electrons. The normalized spacial score (nSPS) is 20.5. The minimum Gasteiger partial charge on any atom is -0.366 e. The van der Waals surface area contributed by atoms with Gasteiger partial charge in [-0.05, 0) is 26.3 Å². The van der Waals surface area contributed by atoms with Gasteiger partial charge in [-0.15, -0.1) is 0 Å². The summed E-state index contributed by atoms with van der Waals surface area (Å²) in [5, 5.41) is 6.34. The molecule has 2 N–H and O–H groups in total. The number of hydrogen-bond donors (Lipinski definition) is 2. The van der Waals surface area contributed by atoms with Gasteiger partial charge in [-0.2, -0.15) is 0 Å². The van der Waals surface area contributed by atoms with Crippen LogP contribution in [0.4, 0.5) is 10.2 Å². The van der Waals surface area contributed by atoms with Crippen LogP contribution in [-0.2, 0) is 0 Å². The lowest BCUT2D eigenvalue weighted by Gasteiger charge is -2.12. The second-order valence-corrected chi connectivity index (χ2v) is 3.80. The van der Waals surface area contributed by atoms with Crippen molar-refractivity contribution in [3.8, 4) is 0 Å². The summed E-state index contributed by atoms with van der Waals surface area (Å²) in [5.74, 6) is -0.0494. The molecule has 1 unspecified atom stereocenters. The highest BCUT2D eigenvalue weighted by Crippen LogP contribution is 2.12. The van der Waals surface area contributed by atoms with E-state index in [9.17, 15) is 4.39 Å². The Morgan fingerprint density at radius 3 is 3.20 bits per heavy atom. The monoisotopic (exact) mass is 210 g/mol. The van der Waals surface area contributed by atoms with E-state index in [1.807, 2.05) is 0 Å². The zero-order valence-corrected chi connectivity index (χ0v) is 8.76. The number of aryl methyl sites for hydroxylation is 1. The summed E-state index contributed by atoms with van der Waals surface area (Å²) in [6, 6.07) is 0.430. The van der Waals surface area contributed by atoms with Crippen molar-refractivity contribution in [1.82, 2.24) is 15.3 Å². The summed E-state index contributed by atoms with van der Waals surface area (Å²) >= 11 is 0. The van der Waals surface area contributed by atoms with Crippen LogP contribution in [0.5, 0.6) is 0 Å². The first-order chi connectivity index (χ1) is 7.27. The van der Waals surface area contributed by atoms with E-state index in [0.717, 1.165) is 13.0 Å². The van der Waals surface area contributed by atoms with Gasteiger partial charge < -0.3 is 10.6 Å². The predicted molar refractivity (Wildman–Crippen MR) is 56.2 cm³/mol. The van der Waals surface area contributed by atoms with Crippen LogP contribution < -0.4 is 10.6 Å². The Bertz CT molecular complexity index is 336. The van der Waals surface area contributed by atoms with Gasteiger partial charge in [0.25, 0.3) is 0 Å². The quantitative estimate of drug-likeness (QED) is 0.784. The summed E-state index contributed by atoms with van der Waals surface area (Å²) in [7, 11) is 0. The first kappa shape index (κ1) is 10.3. The lowest BCUT2D eigenvalue weighted by molar-refractivity contribution is 0.594. The van der Waals surface area contributed by atoms with Gasteiger partial charge in [0.05, 0.1) is 5.69 Å². The first-order valence-electron chi connectivity index (χ1n) is 5.21. The molecule has 0 amide bonds. The minimum absolute atomic E-state index is 0.302. The molecule has 1 aliphatic rings. The molecule has 2 heterocycles. The molecule has 82 valence electrons. The Labute approximate surface area is 88.3 Å². The van der Waals surface area contributed by atoms with E-state index in [0.29, 0.717) is 24.1 Å². The molecule has 5 heteroatoms. The summed E-state index contributed by atoms with van der Waals surface area (Å²) in [6.07, 6.45) is 3.71. The van der Waals surface area contributed by atoms with Crippen molar-refractivity contribution in [3.63, 3.8) is 0 Å². The number of anilines is 1. The summed E-state index contributed by atoms with van der Waals surface area (Å²) in [6.45, 7) is 3.40. The van der Waals surface area contributed by atoms with Gasteiger partial charge in [-0.25, -0.2) is 14.4 Å². The number of nitrogens with zero attached hydrogens (tertiary/aromatic N) is 2. The molecule has 0 aromatic carbocycles. The lowest BCUT2D eigenvalue weighted by Crippen LogP contribution is -2.29. The number of aromatic nitrogens is 2. The molecule has 1 aromatic rings. The number of rotatable bonds is 3. The molecule has 1 atom stereocenters. The second kappa shape index (κ2) is 4.53. The van der Waals surface area contributed by atoms with E-state index in [-0.39, 0.29) is 5.82 Å². The molecular weight excluding hydrogens is 195 g/mol. The van der Waals surface area contributed by atoms with Crippen molar-refractivity contribution >= 4 is 5.82 Å². The minimum atomic E-state index is -0.351. The fraction of sp³-hybridized carbons (Fsp3) is 0.600. The number of nitrogens with one attached hydrogen (secondary N) is 2. The van der Waals surface area contributed by atoms with E-state index in [4.69, 9.17) is 0 Å². The molecule has 0 saturated carbocycles. The Kier molecular flexibility index (Phi) is 3.11. The van der Waals surface area contributed by atoms with E-state index in [1.54, 1.807) is 6.92 Å². The maximum absolute atomic E-state index is 13.5. The highest BCUT2D eigenvalue weighted by molar-refractivity contribution is 5.36. The molecule has 4 nitrogen and oxygen atoms in total. The Morgan fingerprint density at radius 1 is 1.60 bits per heavy atom. The van der Waals surface area contributed by atoms with E-state index in [1.165, 1.54) is 12.7 Å². The average Bonchev–Trinajstić information content (AvgIpc) is 2.73. The maximum Gasteiger partial charge on any atom is 0.186 e. The van der Waals surface area contributed by atoms with Gasteiger partial charge in [0.2, 0.25) is 0 Å². The molecule has 1 saturated heterocycles. The van der Waals surface area contributed by atoms with Crippen molar-refractivity contribution in [1.29, 1.82) is 0 Å². The Morgan fingerprint density at radius 2 is 2.47 bits per heavy atom. The summed E-state index contributed by atoms with van der Waals surface area (Å²) in [5.41, 5.74) is 0.381. The number of halogens is 1. The first-order valence-corrected chi connectivity index (χ1v) is 5.21. The van der Waals surface area contributed by atoms with Crippen LogP contribution >= 0.6 is 0 Å². The van der Waals surface area contributed by atoms with Crippen LogP contribution in [0, 0.1) is 12.7 Å². The zero-order chi connectivity index (χ0) is 10.7. The van der Waals surface area contributed by atoms with Gasteiger partial charge in [-0.1, -0.05) is 0 Å². The topological polar surface area (TPSA) is 49.8 Å². The van der Waals surface area contributed by atoms with Gasteiger partial charge in [-0.3, -0.25) is 0 Å². The van der Waals surface area contributed by atoms with Crippen molar-refractivity contribution in [2.75, 3.05) is 18.4 Å². The lowest BCUT2D eigenvalue weighted by atomic mass is 10.2. The standard InChI is InChI=1S/C10H15FN4/c1-7-9(11)10(15-6-14-7)13-5-8-3-2-4-12-8/h6,8,12H,2-5H2,1H3,(H,13,14,15). The molecule has 0 spiro atoms. The fourth-order valence-corrected chi connectivity index (χ4v) is 1.73. The van der Waals surface area contributed by atoms with Crippen molar-refractivity contribution in [2.24, 2.45) is 0 Å². The van der Waals surface area contributed by atoms with Crippen LogP contribution in [0.1, 0.15) is 18.5 Å².